The summed E-state index contributed by atoms with van der Waals surface area (Å²) in [5, 5.41) is 10.1. The Morgan fingerprint density at radius 3 is 2.41 bits per heavy atom. The molecule has 2 atom stereocenters. The van der Waals surface area contributed by atoms with Crippen molar-refractivity contribution >= 4 is 0 Å². The lowest BCUT2D eigenvalue weighted by atomic mass is 9.98. The van der Waals surface area contributed by atoms with E-state index in [-0.39, 0.29) is 12.9 Å². The van der Waals surface area contributed by atoms with Crippen LogP contribution in [0.3, 0.4) is 0 Å². The Kier molecular flexibility index (Phi) is 5.88. The molecule has 0 amide bonds. The van der Waals surface area contributed by atoms with Crippen molar-refractivity contribution in [3.05, 3.63) is 17.2 Å². The molecule has 1 aliphatic carbocycles. The van der Waals surface area contributed by atoms with Crippen molar-refractivity contribution in [2.45, 2.75) is 31.5 Å². The van der Waals surface area contributed by atoms with Crippen molar-refractivity contribution in [2.75, 3.05) is 35.2 Å². The molecule has 0 aromatic heterocycles. The molecule has 6 nitrogen and oxygen atoms in total. The average Bonchev–Trinajstić information content (AvgIpc) is 2.69. The molecule has 2 rings (SSSR count). The Hall–Kier alpha value is -1.50. The van der Waals surface area contributed by atoms with Gasteiger partial charge in [0.1, 0.15) is 6.79 Å². The van der Waals surface area contributed by atoms with Gasteiger partial charge in [0, 0.05) is 19.1 Å². The third kappa shape index (κ3) is 3.29. The molecule has 0 aliphatic heterocycles. The second-order valence-electron chi connectivity index (χ2n) is 5.20. The molecule has 0 heterocycles. The molecule has 0 saturated carbocycles. The van der Waals surface area contributed by atoms with Gasteiger partial charge >= 0.3 is 0 Å². The zero-order valence-corrected chi connectivity index (χ0v) is 13.5. The Labute approximate surface area is 130 Å². The minimum Gasteiger partial charge on any atom is -0.493 e. The van der Waals surface area contributed by atoms with Gasteiger partial charge in [-0.2, -0.15) is 0 Å². The number of aliphatic hydroxyl groups excluding tert-OH is 1. The van der Waals surface area contributed by atoms with Crippen LogP contribution < -0.4 is 14.2 Å². The van der Waals surface area contributed by atoms with Crippen LogP contribution in [0, 0.1) is 0 Å². The highest BCUT2D eigenvalue weighted by Crippen LogP contribution is 2.46. The molecule has 124 valence electrons. The van der Waals surface area contributed by atoms with Crippen molar-refractivity contribution in [1.29, 1.82) is 0 Å². The normalized spacial score (nSPS) is 21.0. The molecule has 1 aliphatic rings. The first kappa shape index (κ1) is 16.9. The second kappa shape index (κ2) is 7.67. The number of benzene rings is 1. The van der Waals surface area contributed by atoms with Gasteiger partial charge in [-0.3, -0.25) is 0 Å². The van der Waals surface area contributed by atoms with E-state index in [0.717, 1.165) is 11.1 Å². The van der Waals surface area contributed by atoms with E-state index in [1.807, 2.05) is 6.07 Å². The maximum atomic E-state index is 10.1. The van der Waals surface area contributed by atoms with Crippen LogP contribution in [0.4, 0.5) is 0 Å². The second-order valence-corrected chi connectivity index (χ2v) is 5.20. The van der Waals surface area contributed by atoms with Crippen molar-refractivity contribution in [1.82, 2.24) is 0 Å². The lowest BCUT2D eigenvalue weighted by Gasteiger charge is -2.23. The summed E-state index contributed by atoms with van der Waals surface area (Å²) in [5.74, 6) is 1.78. The molecule has 22 heavy (non-hydrogen) atoms. The van der Waals surface area contributed by atoms with Crippen LogP contribution in [-0.2, 0) is 15.9 Å². The molecule has 0 radical (unpaired) electrons. The maximum absolute atomic E-state index is 10.1. The van der Waals surface area contributed by atoms with Crippen LogP contribution in [0.1, 0.15) is 30.1 Å². The topological polar surface area (TPSA) is 66.4 Å². The monoisotopic (exact) mass is 312 g/mol. The first-order chi connectivity index (χ1) is 10.7. The molecule has 1 N–H and O–H groups in total. The van der Waals surface area contributed by atoms with E-state index >= 15 is 0 Å². The first-order valence-electron chi connectivity index (χ1n) is 7.26. The van der Waals surface area contributed by atoms with E-state index in [4.69, 9.17) is 23.7 Å². The fraction of sp³-hybridized carbons (Fsp3) is 0.625. The molecule has 0 fully saturated rings. The molecular formula is C16H24O6. The lowest BCUT2D eigenvalue weighted by molar-refractivity contribution is -0.0853. The maximum Gasteiger partial charge on any atom is 0.203 e. The van der Waals surface area contributed by atoms with Gasteiger partial charge in [0.15, 0.2) is 11.5 Å². The van der Waals surface area contributed by atoms with Crippen LogP contribution in [-0.4, -0.2) is 46.4 Å². The first-order valence-corrected chi connectivity index (χ1v) is 7.26. The number of hydrogen-bond donors (Lipinski definition) is 1. The number of fused-ring (bicyclic) bond motifs is 1. The standard InChI is InChI=1S/C16H24O6/c1-18-9-22-13-7-10(17)5-6-11-12(13)8-14(19-2)16(21-4)15(11)20-3/h8,10,13,17H,5-7,9H2,1-4H3/t10-,13?/m1/s1. The number of ether oxygens (including phenoxy) is 5. The molecule has 6 heteroatoms. The summed E-state index contributed by atoms with van der Waals surface area (Å²) in [6.07, 6.45) is 1.13. The quantitative estimate of drug-likeness (QED) is 0.641. The minimum atomic E-state index is -0.434. The van der Waals surface area contributed by atoms with Crippen molar-refractivity contribution in [2.24, 2.45) is 0 Å². The third-order valence-corrected chi connectivity index (χ3v) is 3.91. The van der Waals surface area contributed by atoms with Crippen LogP contribution in [0.2, 0.25) is 0 Å². The van der Waals surface area contributed by atoms with E-state index in [1.165, 1.54) is 0 Å². The van der Waals surface area contributed by atoms with E-state index in [0.29, 0.717) is 36.5 Å². The molecule has 0 spiro atoms. The number of rotatable bonds is 6. The van der Waals surface area contributed by atoms with Gasteiger partial charge in [0.05, 0.1) is 33.5 Å². The van der Waals surface area contributed by atoms with Crippen molar-refractivity contribution < 1.29 is 28.8 Å². The van der Waals surface area contributed by atoms with Crippen LogP contribution in [0.5, 0.6) is 17.2 Å². The van der Waals surface area contributed by atoms with E-state index < -0.39 is 6.10 Å². The molecule has 0 bridgehead atoms. The van der Waals surface area contributed by atoms with Crippen LogP contribution in [0.15, 0.2) is 6.07 Å². The van der Waals surface area contributed by atoms with Gasteiger partial charge in [-0.05, 0) is 24.5 Å². The van der Waals surface area contributed by atoms with E-state index in [2.05, 4.69) is 0 Å². The number of methoxy groups -OCH3 is 4. The minimum absolute atomic E-state index is 0.160. The zero-order valence-electron chi connectivity index (χ0n) is 13.5. The summed E-state index contributed by atoms with van der Waals surface area (Å²) in [6.45, 7) is 0.160. The highest BCUT2D eigenvalue weighted by molar-refractivity contribution is 5.60. The Balaban J connectivity index is 2.54. The predicted molar refractivity (Wildman–Crippen MR) is 80.7 cm³/mol. The highest BCUT2D eigenvalue weighted by atomic mass is 16.7. The van der Waals surface area contributed by atoms with Gasteiger partial charge in [-0.25, -0.2) is 0 Å². The summed E-state index contributed by atoms with van der Waals surface area (Å²) in [7, 11) is 6.34. The lowest BCUT2D eigenvalue weighted by Crippen LogP contribution is -2.14. The van der Waals surface area contributed by atoms with Crippen LogP contribution >= 0.6 is 0 Å². The average molecular weight is 312 g/mol. The molecule has 1 aromatic carbocycles. The molecule has 1 unspecified atom stereocenters. The summed E-state index contributed by atoms with van der Waals surface area (Å²) in [6, 6.07) is 1.90. The summed E-state index contributed by atoms with van der Waals surface area (Å²) in [5.41, 5.74) is 1.93. The summed E-state index contributed by atoms with van der Waals surface area (Å²) in [4.78, 5) is 0. The molecule has 0 saturated heterocycles. The summed E-state index contributed by atoms with van der Waals surface area (Å²) < 4.78 is 27.1. The Bertz CT molecular complexity index is 502. The van der Waals surface area contributed by atoms with Gasteiger partial charge in [-0.1, -0.05) is 0 Å². The van der Waals surface area contributed by atoms with Gasteiger partial charge < -0.3 is 28.8 Å². The summed E-state index contributed by atoms with van der Waals surface area (Å²) >= 11 is 0. The number of aliphatic hydroxyl groups is 1. The molecular weight excluding hydrogens is 288 g/mol. The highest BCUT2D eigenvalue weighted by Gasteiger charge is 2.30. The van der Waals surface area contributed by atoms with Gasteiger partial charge in [0.2, 0.25) is 5.75 Å². The molecule has 1 aromatic rings. The third-order valence-electron chi connectivity index (χ3n) is 3.91. The number of hydrogen-bond acceptors (Lipinski definition) is 6. The van der Waals surface area contributed by atoms with E-state index in [9.17, 15) is 5.11 Å². The zero-order chi connectivity index (χ0) is 16.1. The SMILES string of the molecule is COCOC1C[C@H](O)CCc2c1cc(OC)c(OC)c2OC. The largest absolute Gasteiger partial charge is 0.493 e. The fourth-order valence-corrected chi connectivity index (χ4v) is 2.89. The smallest absolute Gasteiger partial charge is 0.203 e. The van der Waals surface area contributed by atoms with Gasteiger partial charge in [-0.15, -0.1) is 0 Å². The predicted octanol–water partition coefficient (Wildman–Crippen LogP) is 2.07. The Morgan fingerprint density at radius 1 is 1.09 bits per heavy atom. The Morgan fingerprint density at radius 2 is 1.82 bits per heavy atom. The van der Waals surface area contributed by atoms with Crippen molar-refractivity contribution in [3.63, 3.8) is 0 Å². The van der Waals surface area contributed by atoms with Gasteiger partial charge in [0.25, 0.3) is 0 Å². The fourth-order valence-electron chi connectivity index (χ4n) is 2.89. The van der Waals surface area contributed by atoms with Crippen molar-refractivity contribution in [3.8, 4) is 17.2 Å². The van der Waals surface area contributed by atoms with Crippen LogP contribution in [0.25, 0.3) is 0 Å². The van der Waals surface area contributed by atoms with E-state index in [1.54, 1.807) is 28.4 Å².